The Kier molecular flexibility index (Phi) is 4.24. The molecular weight excluding hydrogens is 280 g/mol. The van der Waals surface area contributed by atoms with Crippen molar-refractivity contribution in [1.29, 1.82) is 0 Å². The van der Waals surface area contributed by atoms with Crippen LogP contribution in [0.4, 0.5) is 0 Å². The first-order valence-corrected chi connectivity index (χ1v) is 7.29. The summed E-state index contributed by atoms with van der Waals surface area (Å²) in [7, 11) is 0. The molecule has 0 unspecified atom stereocenters. The molecule has 0 spiro atoms. The van der Waals surface area contributed by atoms with Gasteiger partial charge in [-0.1, -0.05) is 0 Å². The molecule has 3 aromatic heterocycles. The van der Waals surface area contributed by atoms with Crippen LogP contribution in [-0.2, 0) is 6.54 Å². The molecule has 22 heavy (non-hydrogen) atoms. The Morgan fingerprint density at radius 2 is 2.00 bits per heavy atom. The van der Waals surface area contributed by atoms with Gasteiger partial charge >= 0.3 is 0 Å². The van der Waals surface area contributed by atoms with E-state index in [0.717, 1.165) is 24.0 Å². The van der Waals surface area contributed by atoms with Crippen molar-refractivity contribution in [2.24, 2.45) is 5.73 Å². The Morgan fingerprint density at radius 3 is 2.73 bits per heavy atom. The highest BCUT2D eigenvalue weighted by atomic mass is 16.5. The van der Waals surface area contributed by atoms with Crippen LogP contribution in [0.25, 0.3) is 22.6 Å². The number of hydrogen-bond donors (Lipinski definition) is 1. The zero-order valence-electron chi connectivity index (χ0n) is 12.4. The van der Waals surface area contributed by atoms with E-state index < -0.39 is 0 Å². The van der Waals surface area contributed by atoms with Gasteiger partial charge in [-0.05, 0) is 26.0 Å². The largest absolute Gasteiger partial charge is 0.490 e. The fraction of sp³-hybridized carbons (Fsp3) is 0.333. The maximum absolute atomic E-state index is 5.81. The van der Waals surface area contributed by atoms with Gasteiger partial charge in [0.25, 0.3) is 0 Å². The zero-order chi connectivity index (χ0) is 15.4. The molecule has 0 aromatic carbocycles. The lowest BCUT2D eigenvalue weighted by atomic mass is 10.2. The standard InChI is InChI=1S/C15H18N6O/c1-2-21-10-20-12-13(15-17-6-4-7-18-15)19-9-11(14(12)21)22-8-3-5-16/h4,6-7,9-10H,2-3,5,8,16H2,1H3. The van der Waals surface area contributed by atoms with Crippen molar-refractivity contribution in [1.82, 2.24) is 24.5 Å². The molecule has 7 nitrogen and oxygen atoms in total. The number of pyridine rings is 1. The monoisotopic (exact) mass is 298 g/mol. The van der Waals surface area contributed by atoms with Gasteiger partial charge in [0.1, 0.15) is 16.7 Å². The molecular formula is C15H18N6O. The third kappa shape index (κ3) is 2.62. The van der Waals surface area contributed by atoms with Crippen LogP contribution in [-0.4, -0.2) is 37.7 Å². The minimum absolute atomic E-state index is 0.558. The molecule has 0 saturated heterocycles. The first-order valence-electron chi connectivity index (χ1n) is 7.29. The van der Waals surface area contributed by atoms with Crippen LogP contribution in [0, 0.1) is 0 Å². The van der Waals surface area contributed by atoms with Crippen molar-refractivity contribution < 1.29 is 4.74 Å². The van der Waals surface area contributed by atoms with Crippen LogP contribution in [0.3, 0.4) is 0 Å². The van der Waals surface area contributed by atoms with Gasteiger partial charge in [0.05, 0.1) is 19.1 Å². The summed E-state index contributed by atoms with van der Waals surface area (Å²) in [4.78, 5) is 17.4. The number of aromatic nitrogens is 5. The van der Waals surface area contributed by atoms with E-state index in [1.807, 2.05) is 4.57 Å². The minimum Gasteiger partial charge on any atom is -0.490 e. The average Bonchev–Trinajstić information content (AvgIpc) is 3.00. The van der Waals surface area contributed by atoms with Gasteiger partial charge in [-0.2, -0.15) is 0 Å². The van der Waals surface area contributed by atoms with Gasteiger partial charge in [0.2, 0.25) is 0 Å². The SMILES string of the molecule is CCn1cnc2c(-c3ncccn3)ncc(OCCCN)c21. The lowest BCUT2D eigenvalue weighted by molar-refractivity contribution is 0.314. The third-order valence-corrected chi connectivity index (χ3v) is 3.33. The Labute approximate surface area is 128 Å². The Balaban J connectivity index is 2.10. The smallest absolute Gasteiger partial charge is 0.180 e. The number of hydrogen-bond acceptors (Lipinski definition) is 6. The maximum Gasteiger partial charge on any atom is 0.180 e. The van der Waals surface area contributed by atoms with E-state index in [9.17, 15) is 0 Å². The highest BCUT2D eigenvalue weighted by Gasteiger charge is 2.16. The first kappa shape index (κ1) is 14.4. The van der Waals surface area contributed by atoms with Crippen molar-refractivity contribution in [3.8, 4) is 17.3 Å². The van der Waals surface area contributed by atoms with Crippen LogP contribution in [0.2, 0.25) is 0 Å². The van der Waals surface area contributed by atoms with E-state index in [1.54, 1.807) is 31.0 Å². The van der Waals surface area contributed by atoms with Gasteiger partial charge in [-0.3, -0.25) is 0 Å². The summed E-state index contributed by atoms with van der Waals surface area (Å²) in [6.45, 7) is 4.01. The molecule has 3 heterocycles. The molecule has 0 aliphatic carbocycles. The summed E-state index contributed by atoms with van der Waals surface area (Å²) >= 11 is 0. The summed E-state index contributed by atoms with van der Waals surface area (Å²) in [6, 6.07) is 1.77. The van der Waals surface area contributed by atoms with Crippen molar-refractivity contribution >= 4 is 11.0 Å². The number of aryl methyl sites for hydroxylation is 1. The summed E-state index contributed by atoms with van der Waals surface area (Å²) in [5.74, 6) is 1.27. The highest BCUT2D eigenvalue weighted by Crippen LogP contribution is 2.30. The van der Waals surface area contributed by atoms with Crippen LogP contribution in [0.1, 0.15) is 13.3 Å². The van der Waals surface area contributed by atoms with Crippen LogP contribution in [0.5, 0.6) is 5.75 Å². The lowest BCUT2D eigenvalue weighted by Crippen LogP contribution is -2.07. The number of nitrogens with zero attached hydrogens (tertiary/aromatic N) is 5. The quantitative estimate of drug-likeness (QED) is 0.695. The lowest BCUT2D eigenvalue weighted by Gasteiger charge is -2.10. The fourth-order valence-electron chi connectivity index (χ4n) is 2.26. The van der Waals surface area contributed by atoms with Crippen molar-refractivity contribution in [2.75, 3.05) is 13.2 Å². The van der Waals surface area contributed by atoms with Gasteiger partial charge in [-0.25, -0.2) is 19.9 Å². The molecule has 0 bridgehead atoms. The third-order valence-electron chi connectivity index (χ3n) is 3.33. The van der Waals surface area contributed by atoms with Crippen LogP contribution < -0.4 is 10.5 Å². The van der Waals surface area contributed by atoms with Gasteiger partial charge in [0, 0.05) is 18.9 Å². The van der Waals surface area contributed by atoms with E-state index in [-0.39, 0.29) is 0 Å². The summed E-state index contributed by atoms with van der Waals surface area (Å²) in [5.41, 5.74) is 7.84. The van der Waals surface area contributed by atoms with Crippen LogP contribution >= 0.6 is 0 Å². The average molecular weight is 298 g/mol. The molecule has 0 aliphatic heterocycles. The van der Waals surface area contributed by atoms with Crippen molar-refractivity contribution in [2.45, 2.75) is 19.9 Å². The second-order valence-electron chi connectivity index (χ2n) is 4.76. The Bertz CT molecular complexity index is 755. The molecule has 7 heteroatoms. The van der Waals surface area contributed by atoms with E-state index in [2.05, 4.69) is 26.9 Å². The second kappa shape index (κ2) is 6.48. The second-order valence-corrected chi connectivity index (χ2v) is 4.76. The van der Waals surface area contributed by atoms with E-state index in [1.165, 1.54) is 0 Å². The Hall–Kier alpha value is -2.54. The summed E-state index contributed by atoms with van der Waals surface area (Å²) < 4.78 is 7.84. The van der Waals surface area contributed by atoms with Gasteiger partial charge in [0.15, 0.2) is 11.6 Å². The van der Waals surface area contributed by atoms with Gasteiger partial charge in [-0.15, -0.1) is 0 Å². The molecule has 0 fully saturated rings. The van der Waals surface area contributed by atoms with Crippen LogP contribution in [0.15, 0.2) is 31.0 Å². The van der Waals surface area contributed by atoms with Crippen molar-refractivity contribution in [3.05, 3.63) is 31.0 Å². The molecule has 0 radical (unpaired) electrons. The first-order chi connectivity index (χ1) is 10.8. The maximum atomic E-state index is 5.81. The summed E-state index contributed by atoms with van der Waals surface area (Å²) in [5, 5.41) is 0. The molecule has 0 aliphatic rings. The predicted molar refractivity (Wildman–Crippen MR) is 83.4 cm³/mol. The zero-order valence-corrected chi connectivity index (χ0v) is 12.4. The topological polar surface area (TPSA) is 91.7 Å². The summed E-state index contributed by atoms with van der Waals surface area (Å²) in [6.07, 6.45) is 7.68. The fourth-order valence-corrected chi connectivity index (χ4v) is 2.26. The number of ether oxygens (including phenoxy) is 1. The number of fused-ring (bicyclic) bond motifs is 1. The molecule has 3 rings (SSSR count). The molecule has 3 aromatic rings. The minimum atomic E-state index is 0.558. The van der Waals surface area contributed by atoms with E-state index >= 15 is 0 Å². The Morgan fingerprint density at radius 1 is 1.18 bits per heavy atom. The van der Waals surface area contributed by atoms with Gasteiger partial charge < -0.3 is 15.0 Å². The normalized spacial score (nSPS) is 11.0. The molecule has 2 N–H and O–H groups in total. The number of nitrogens with two attached hydrogens (primary N) is 1. The molecule has 114 valence electrons. The van der Waals surface area contributed by atoms with E-state index in [0.29, 0.717) is 30.4 Å². The number of imidazole rings is 1. The number of rotatable bonds is 6. The molecule has 0 amide bonds. The highest BCUT2D eigenvalue weighted by molar-refractivity contribution is 5.91. The van der Waals surface area contributed by atoms with Crippen molar-refractivity contribution in [3.63, 3.8) is 0 Å². The molecule has 0 saturated carbocycles. The molecule has 0 atom stereocenters. The van der Waals surface area contributed by atoms with E-state index in [4.69, 9.17) is 10.5 Å². The predicted octanol–water partition coefficient (Wildman–Crippen LogP) is 1.64.